The molecule has 0 aliphatic carbocycles. The maximum Gasteiger partial charge on any atom is 0.241 e. The Balaban J connectivity index is 0.00000361. The molecule has 0 heterocycles. The molecule has 0 bridgehead atoms. The van der Waals surface area contributed by atoms with E-state index in [1.54, 1.807) is 0 Å². The van der Waals surface area contributed by atoms with E-state index in [4.69, 9.17) is 5.73 Å². The largest absolute Gasteiger partial charge is 0.325 e. The van der Waals surface area contributed by atoms with Crippen molar-refractivity contribution in [2.24, 2.45) is 11.7 Å². The van der Waals surface area contributed by atoms with Crippen molar-refractivity contribution in [3.63, 3.8) is 0 Å². The van der Waals surface area contributed by atoms with Gasteiger partial charge in [0.1, 0.15) is 0 Å². The van der Waals surface area contributed by atoms with Gasteiger partial charge in [-0.2, -0.15) is 0 Å². The molecular weight excluding hydrogens is 272 g/mol. The average molecular weight is 299 g/mol. The average Bonchev–Trinajstić information content (AvgIpc) is 2.27. The number of nitrogens with two attached hydrogens (primary N) is 1. The quantitative estimate of drug-likeness (QED) is 0.890. The van der Waals surface area contributed by atoms with Crippen molar-refractivity contribution in [2.45, 2.75) is 52.5 Å². The Hall–Kier alpha value is -1.06. The van der Waals surface area contributed by atoms with E-state index in [0.29, 0.717) is 12.3 Å². The van der Waals surface area contributed by atoms with Crippen LogP contribution in [-0.4, -0.2) is 11.9 Å². The van der Waals surface area contributed by atoms with E-state index in [1.807, 2.05) is 24.3 Å². The normalized spacial score (nSPS) is 12.8. The molecule has 1 atom stereocenters. The first kappa shape index (κ1) is 18.9. The van der Waals surface area contributed by atoms with Crippen molar-refractivity contribution in [3.05, 3.63) is 29.8 Å². The number of halogens is 1. The van der Waals surface area contributed by atoms with Gasteiger partial charge < -0.3 is 11.1 Å². The molecule has 1 aromatic carbocycles. The highest BCUT2D eigenvalue weighted by Crippen LogP contribution is 2.23. The Kier molecular flexibility index (Phi) is 7.25. The number of carbonyl (C=O) groups excluding carboxylic acids is 1. The summed E-state index contributed by atoms with van der Waals surface area (Å²) in [7, 11) is 0. The molecule has 0 saturated carbocycles. The summed E-state index contributed by atoms with van der Waals surface area (Å²) in [5, 5.41) is 2.86. The predicted octanol–water partition coefficient (Wildman–Crippen LogP) is 3.72. The summed E-state index contributed by atoms with van der Waals surface area (Å²) in [6.07, 6.45) is 0.700. The third-order valence-electron chi connectivity index (χ3n) is 3.08. The van der Waals surface area contributed by atoms with Crippen LogP contribution in [0.5, 0.6) is 0 Å². The van der Waals surface area contributed by atoms with Crippen molar-refractivity contribution in [2.75, 3.05) is 5.32 Å². The monoisotopic (exact) mass is 298 g/mol. The third kappa shape index (κ3) is 5.93. The van der Waals surface area contributed by atoms with Gasteiger partial charge in [-0.3, -0.25) is 4.79 Å². The van der Waals surface area contributed by atoms with E-state index in [0.717, 1.165) is 5.69 Å². The van der Waals surface area contributed by atoms with E-state index >= 15 is 0 Å². The van der Waals surface area contributed by atoms with Crippen LogP contribution in [0.3, 0.4) is 0 Å². The number of rotatable bonds is 4. The SMILES string of the molecule is CC(C)C[C@H](N)C(=O)Nc1ccc(C(C)(C)C)cc1.Cl. The second-order valence-electron chi connectivity index (χ2n) is 6.55. The van der Waals surface area contributed by atoms with Crippen LogP contribution in [-0.2, 0) is 10.2 Å². The van der Waals surface area contributed by atoms with Gasteiger partial charge in [0.15, 0.2) is 0 Å². The molecule has 1 aromatic rings. The fourth-order valence-corrected chi connectivity index (χ4v) is 1.90. The molecule has 1 rings (SSSR count). The maximum atomic E-state index is 11.9. The Morgan fingerprint density at radius 1 is 1.20 bits per heavy atom. The van der Waals surface area contributed by atoms with Gasteiger partial charge in [-0.1, -0.05) is 46.8 Å². The summed E-state index contributed by atoms with van der Waals surface area (Å²) >= 11 is 0. The Morgan fingerprint density at radius 3 is 2.10 bits per heavy atom. The van der Waals surface area contributed by atoms with Gasteiger partial charge >= 0.3 is 0 Å². The molecule has 4 heteroatoms. The van der Waals surface area contributed by atoms with Crippen molar-refractivity contribution in [1.29, 1.82) is 0 Å². The number of hydrogen-bond donors (Lipinski definition) is 2. The van der Waals surface area contributed by atoms with E-state index in [9.17, 15) is 4.79 Å². The molecule has 114 valence electrons. The molecule has 0 saturated heterocycles. The zero-order chi connectivity index (χ0) is 14.6. The van der Waals surface area contributed by atoms with Crippen LogP contribution in [0.1, 0.15) is 46.6 Å². The van der Waals surface area contributed by atoms with Gasteiger partial charge in [0.25, 0.3) is 0 Å². The third-order valence-corrected chi connectivity index (χ3v) is 3.08. The lowest BCUT2D eigenvalue weighted by Crippen LogP contribution is -2.36. The predicted molar refractivity (Wildman–Crippen MR) is 88.5 cm³/mol. The molecular formula is C16H27ClN2O. The van der Waals surface area contributed by atoms with Crippen LogP contribution in [0.2, 0.25) is 0 Å². The van der Waals surface area contributed by atoms with Gasteiger partial charge in [0.2, 0.25) is 5.91 Å². The highest BCUT2D eigenvalue weighted by molar-refractivity contribution is 5.94. The number of carbonyl (C=O) groups is 1. The lowest BCUT2D eigenvalue weighted by molar-refractivity contribution is -0.117. The lowest BCUT2D eigenvalue weighted by atomic mass is 9.87. The zero-order valence-corrected chi connectivity index (χ0v) is 13.9. The van der Waals surface area contributed by atoms with Gasteiger partial charge in [0, 0.05) is 5.69 Å². The van der Waals surface area contributed by atoms with Crippen molar-refractivity contribution < 1.29 is 4.79 Å². The van der Waals surface area contributed by atoms with Crippen LogP contribution < -0.4 is 11.1 Å². The van der Waals surface area contributed by atoms with Crippen LogP contribution in [0, 0.1) is 5.92 Å². The summed E-state index contributed by atoms with van der Waals surface area (Å²) in [4.78, 5) is 11.9. The van der Waals surface area contributed by atoms with E-state index in [-0.39, 0.29) is 23.7 Å². The second-order valence-corrected chi connectivity index (χ2v) is 6.55. The summed E-state index contributed by atoms with van der Waals surface area (Å²) in [6.45, 7) is 10.6. The molecule has 0 unspecified atom stereocenters. The fourth-order valence-electron chi connectivity index (χ4n) is 1.90. The maximum absolute atomic E-state index is 11.9. The van der Waals surface area contributed by atoms with Gasteiger partial charge in [-0.25, -0.2) is 0 Å². The minimum absolute atomic E-state index is 0. The fraction of sp³-hybridized carbons (Fsp3) is 0.562. The standard InChI is InChI=1S/C16H26N2O.ClH/c1-11(2)10-14(17)15(19)18-13-8-6-12(7-9-13)16(3,4)5;/h6-9,11,14H,10,17H2,1-5H3,(H,18,19);1H/t14-;/m0./s1. The first-order valence-electron chi connectivity index (χ1n) is 6.87. The summed E-state index contributed by atoms with van der Waals surface area (Å²) in [6, 6.07) is 7.51. The smallest absolute Gasteiger partial charge is 0.241 e. The minimum atomic E-state index is -0.442. The summed E-state index contributed by atoms with van der Waals surface area (Å²) in [5.74, 6) is 0.307. The lowest BCUT2D eigenvalue weighted by Gasteiger charge is -2.19. The molecule has 3 N–H and O–H groups in total. The van der Waals surface area contributed by atoms with Gasteiger partial charge in [-0.05, 0) is 35.4 Å². The zero-order valence-electron chi connectivity index (χ0n) is 13.1. The first-order chi connectivity index (χ1) is 8.70. The molecule has 3 nitrogen and oxygen atoms in total. The highest BCUT2D eigenvalue weighted by atomic mass is 35.5. The van der Waals surface area contributed by atoms with Crippen molar-refractivity contribution in [1.82, 2.24) is 0 Å². The molecule has 1 amide bonds. The minimum Gasteiger partial charge on any atom is -0.325 e. The second kappa shape index (κ2) is 7.65. The molecule has 0 fully saturated rings. The van der Waals surface area contributed by atoms with Crippen molar-refractivity contribution >= 4 is 24.0 Å². The summed E-state index contributed by atoms with van der Waals surface area (Å²) < 4.78 is 0. The molecule has 0 aromatic heterocycles. The molecule has 0 aliphatic heterocycles. The molecule has 0 aliphatic rings. The molecule has 0 spiro atoms. The van der Waals surface area contributed by atoms with Crippen LogP contribution in [0.4, 0.5) is 5.69 Å². The van der Waals surface area contributed by atoms with Crippen molar-refractivity contribution in [3.8, 4) is 0 Å². The number of hydrogen-bond acceptors (Lipinski definition) is 2. The number of nitrogens with one attached hydrogen (secondary N) is 1. The van der Waals surface area contributed by atoms with E-state index < -0.39 is 6.04 Å². The Morgan fingerprint density at radius 2 is 1.70 bits per heavy atom. The van der Waals surface area contributed by atoms with E-state index in [2.05, 4.69) is 39.9 Å². The highest BCUT2D eigenvalue weighted by Gasteiger charge is 2.16. The van der Waals surface area contributed by atoms with E-state index in [1.165, 1.54) is 5.56 Å². The van der Waals surface area contributed by atoms with Gasteiger partial charge in [0.05, 0.1) is 6.04 Å². The Bertz CT molecular complexity index is 421. The number of amides is 1. The van der Waals surface area contributed by atoms with Gasteiger partial charge in [-0.15, -0.1) is 12.4 Å². The molecule has 0 radical (unpaired) electrons. The van der Waals surface area contributed by atoms with Crippen LogP contribution in [0.15, 0.2) is 24.3 Å². The topological polar surface area (TPSA) is 55.1 Å². The molecule has 20 heavy (non-hydrogen) atoms. The Labute approximate surface area is 128 Å². The van der Waals surface area contributed by atoms with Crippen LogP contribution in [0.25, 0.3) is 0 Å². The summed E-state index contributed by atoms with van der Waals surface area (Å²) in [5.41, 5.74) is 8.02. The number of benzene rings is 1. The number of anilines is 1. The van der Waals surface area contributed by atoms with Crippen LogP contribution >= 0.6 is 12.4 Å². The first-order valence-corrected chi connectivity index (χ1v) is 6.87.